The van der Waals surface area contributed by atoms with Gasteiger partial charge >= 0.3 is 0 Å². The van der Waals surface area contributed by atoms with Gasteiger partial charge in [0.1, 0.15) is 0 Å². The van der Waals surface area contributed by atoms with Gasteiger partial charge in [0.2, 0.25) is 0 Å². The Morgan fingerprint density at radius 3 is 2.33 bits per heavy atom. The number of aliphatic hydroxyl groups is 1. The molecule has 1 rings (SSSR count). The summed E-state index contributed by atoms with van der Waals surface area (Å²) in [6.45, 7) is 2.84. The summed E-state index contributed by atoms with van der Waals surface area (Å²) in [6, 6.07) is 8.09. The first-order valence-electron chi connectivity index (χ1n) is 3.74. The smallest absolute Gasteiger partial charge is 0.0604 e. The molecular formula is C9H15NO2. The molecule has 1 aromatic rings. The zero-order valence-electron chi connectivity index (χ0n) is 7.17. The van der Waals surface area contributed by atoms with Gasteiger partial charge in [-0.2, -0.15) is 0 Å². The summed E-state index contributed by atoms with van der Waals surface area (Å²) in [5.41, 5.74) is 2.31. The topological polar surface area (TPSA) is 63.8 Å². The average Bonchev–Trinajstić information content (AvgIpc) is 2.04. The van der Waals surface area contributed by atoms with Crippen LogP contribution in [0.4, 0.5) is 5.69 Å². The van der Waals surface area contributed by atoms with E-state index in [1.54, 1.807) is 0 Å². The second-order valence-electron chi connectivity index (χ2n) is 2.52. The SMILES string of the molecule is Cc1ccc(NCCO)cc1.O. The highest BCUT2D eigenvalue weighted by Gasteiger charge is 1.88. The van der Waals surface area contributed by atoms with Crippen molar-refractivity contribution in [2.45, 2.75) is 6.92 Å². The van der Waals surface area contributed by atoms with E-state index in [0.717, 1.165) is 5.69 Å². The van der Waals surface area contributed by atoms with Crippen molar-refractivity contribution in [1.29, 1.82) is 0 Å². The molecule has 0 amide bonds. The minimum atomic E-state index is 0. The Labute approximate surface area is 72.4 Å². The van der Waals surface area contributed by atoms with Gasteiger partial charge in [-0.15, -0.1) is 0 Å². The first kappa shape index (κ1) is 10.9. The third-order valence-corrected chi connectivity index (χ3v) is 1.49. The molecule has 0 spiro atoms. The summed E-state index contributed by atoms with van der Waals surface area (Å²) >= 11 is 0. The third kappa shape index (κ3) is 3.37. The highest BCUT2D eigenvalue weighted by Crippen LogP contribution is 2.07. The van der Waals surface area contributed by atoms with Gasteiger partial charge in [-0.1, -0.05) is 17.7 Å². The van der Waals surface area contributed by atoms with Crippen LogP contribution in [-0.2, 0) is 0 Å². The quantitative estimate of drug-likeness (QED) is 0.695. The predicted molar refractivity (Wildman–Crippen MR) is 50.4 cm³/mol. The number of aliphatic hydroxyl groups excluding tert-OH is 1. The van der Waals surface area contributed by atoms with E-state index in [1.165, 1.54) is 5.56 Å². The van der Waals surface area contributed by atoms with E-state index in [1.807, 2.05) is 24.3 Å². The predicted octanol–water partition coefficient (Wildman–Crippen LogP) is 0.575. The molecule has 3 nitrogen and oxygen atoms in total. The van der Waals surface area contributed by atoms with Crippen molar-refractivity contribution in [3.8, 4) is 0 Å². The van der Waals surface area contributed by atoms with Gasteiger partial charge in [-0.3, -0.25) is 0 Å². The molecule has 0 heterocycles. The summed E-state index contributed by atoms with van der Waals surface area (Å²) in [4.78, 5) is 0. The van der Waals surface area contributed by atoms with Crippen molar-refractivity contribution in [3.63, 3.8) is 0 Å². The molecule has 0 unspecified atom stereocenters. The molecule has 0 saturated heterocycles. The molecule has 68 valence electrons. The fourth-order valence-corrected chi connectivity index (χ4v) is 0.872. The molecule has 12 heavy (non-hydrogen) atoms. The molecule has 0 atom stereocenters. The molecule has 0 aliphatic heterocycles. The zero-order chi connectivity index (χ0) is 8.10. The van der Waals surface area contributed by atoms with Gasteiger partial charge in [0.25, 0.3) is 0 Å². The zero-order valence-corrected chi connectivity index (χ0v) is 7.17. The lowest BCUT2D eigenvalue weighted by Gasteiger charge is -2.03. The van der Waals surface area contributed by atoms with E-state index in [2.05, 4.69) is 12.2 Å². The van der Waals surface area contributed by atoms with Crippen molar-refractivity contribution in [3.05, 3.63) is 29.8 Å². The first-order chi connectivity index (χ1) is 5.33. The van der Waals surface area contributed by atoms with Gasteiger partial charge in [0.05, 0.1) is 6.61 Å². The van der Waals surface area contributed by atoms with Crippen molar-refractivity contribution in [1.82, 2.24) is 0 Å². The van der Waals surface area contributed by atoms with Crippen molar-refractivity contribution in [2.24, 2.45) is 0 Å². The van der Waals surface area contributed by atoms with Crippen LogP contribution in [0, 0.1) is 6.92 Å². The van der Waals surface area contributed by atoms with Gasteiger partial charge in [-0.25, -0.2) is 0 Å². The van der Waals surface area contributed by atoms with Crippen LogP contribution in [0.5, 0.6) is 0 Å². The van der Waals surface area contributed by atoms with E-state index in [4.69, 9.17) is 5.11 Å². The molecule has 1 aromatic carbocycles. The number of rotatable bonds is 3. The summed E-state index contributed by atoms with van der Waals surface area (Å²) in [5, 5.41) is 11.6. The molecular weight excluding hydrogens is 154 g/mol. The Morgan fingerprint density at radius 2 is 1.83 bits per heavy atom. The molecule has 0 fully saturated rings. The van der Waals surface area contributed by atoms with Crippen LogP contribution < -0.4 is 5.32 Å². The van der Waals surface area contributed by atoms with Gasteiger partial charge < -0.3 is 15.9 Å². The Bertz CT molecular complexity index is 208. The molecule has 0 aromatic heterocycles. The molecule has 3 heteroatoms. The standard InChI is InChI=1S/C9H13NO.H2O/c1-8-2-4-9(5-3-8)10-6-7-11;/h2-5,10-11H,6-7H2,1H3;1H2. The Hall–Kier alpha value is -1.06. The fraction of sp³-hybridized carbons (Fsp3) is 0.333. The highest BCUT2D eigenvalue weighted by molar-refractivity contribution is 5.44. The lowest BCUT2D eigenvalue weighted by atomic mass is 10.2. The Kier molecular flexibility index (Phi) is 5.08. The number of hydrogen-bond donors (Lipinski definition) is 2. The minimum Gasteiger partial charge on any atom is -0.412 e. The normalized spacial score (nSPS) is 8.83. The summed E-state index contributed by atoms with van der Waals surface area (Å²) in [7, 11) is 0. The average molecular weight is 169 g/mol. The van der Waals surface area contributed by atoms with E-state index in [0.29, 0.717) is 6.54 Å². The van der Waals surface area contributed by atoms with Crippen LogP contribution in [0.15, 0.2) is 24.3 Å². The molecule has 0 radical (unpaired) electrons. The maximum Gasteiger partial charge on any atom is 0.0604 e. The lowest BCUT2D eigenvalue weighted by molar-refractivity contribution is 0.311. The molecule has 4 N–H and O–H groups in total. The van der Waals surface area contributed by atoms with Crippen LogP contribution >= 0.6 is 0 Å². The largest absolute Gasteiger partial charge is 0.412 e. The van der Waals surface area contributed by atoms with Crippen molar-refractivity contribution < 1.29 is 10.6 Å². The van der Waals surface area contributed by atoms with Crippen LogP contribution in [0.3, 0.4) is 0 Å². The third-order valence-electron chi connectivity index (χ3n) is 1.49. The van der Waals surface area contributed by atoms with E-state index in [9.17, 15) is 0 Å². The first-order valence-corrected chi connectivity index (χ1v) is 3.74. The van der Waals surface area contributed by atoms with E-state index < -0.39 is 0 Å². The maximum atomic E-state index is 8.52. The number of anilines is 1. The van der Waals surface area contributed by atoms with Crippen LogP contribution in [0.25, 0.3) is 0 Å². The molecule has 0 aliphatic carbocycles. The molecule has 0 aliphatic rings. The highest BCUT2D eigenvalue weighted by atomic mass is 16.3. The summed E-state index contributed by atoms with van der Waals surface area (Å²) in [5.74, 6) is 0. The van der Waals surface area contributed by atoms with Crippen LogP contribution in [0.1, 0.15) is 5.56 Å². The molecule has 0 saturated carbocycles. The van der Waals surface area contributed by atoms with Gasteiger partial charge in [0.15, 0.2) is 0 Å². The second-order valence-corrected chi connectivity index (χ2v) is 2.52. The maximum absolute atomic E-state index is 8.52. The summed E-state index contributed by atoms with van der Waals surface area (Å²) in [6.07, 6.45) is 0. The van der Waals surface area contributed by atoms with Crippen molar-refractivity contribution >= 4 is 5.69 Å². The van der Waals surface area contributed by atoms with Gasteiger partial charge in [0, 0.05) is 12.2 Å². The summed E-state index contributed by atoms with van der Waals surface area (Å²) < 4.78 is 0. The number of benzene rings is 1. The van der Waals surface area contributed by atoms with Gasteiger partial charge in [-0.05, 0) is 19.1 Å². The second kappa shape index (κ2) is 5.57. The lowest BCUT2D eigenvalue weighted by Crippen LogP contribution is -2.04. The van der Waals surface area contributed by atoms with E-state index >= 15 is 0 Å². The monoisotopic (exact) mass is 169 g/mol. The minimum absolute atomic E-state index is 0. The number of hydrogen-bond acceptors (Lipinski definition) is 2. The van der Waals surface area contributed by atoms with Crippen LogP contribution in [0.2, 0.25) is 0 Å². The van der Waals surface area contributed by atoms with E-state index in [-0.39, 0.29) is 12.1 Å². The fourth-order valence-electron chi connectivity index (χ4n) is 0.872. The van der Waals surface area contributed by atoms with Crippen LogP contribution in [-0.4, -0.2) is 23.7 Å². The number of nitrogens with one attached hydrogen (secondary N) is 1. The Balaban J connectivity index is 0.00000121. The number of aryl methyl sites for hydroxylation is 1. The van der Waals surface area contributed by atoms with Crippen molar-refractivity contribution in [2.75, 3.05) is 18.5 Å². The molecule has 0 bridgehead atoms. The Morgan fingerprint density at radius 1 is 1.25 bits per heavy atom.